The molecule has 0 saturated carbocycles. The Balaban J connectivity index is 6.01. The summed E-state index contributed by atoms with van der Waals surface area (Å²) in [6.45, 7) is 4.22. The minimum atomic E-state index is -6.60. The summed E-state index contributed by atoms with van der Waals surface area (Å²) < 4.78 is 137. The molecule has 0 aromatic carbocycles. The second-order valence-electron chi connectivity index (χ2n) is 7.35. The molecule has 1 unspecified atom stereocenters. The number of rotatable bonds is 5. The minimum Gasteiger partial charge on any atom is -0.251 e. The highest BCUT2D eigenvalue weighted by molar-refractivity contribution is 5.01. The smallest absolute Gasteiger partial charge is 0.251 e. The van der Waals surface area contributed by atoms with Crippen molar-refractivity contribution in [3.63, 3.8) is 0 Å². The lowest BCUT2D eigenvalue weighted by Crippen LogP contribution is -2.64. The van der Waals surface area contributed by atoms with E-state index in [0.29, 0.717) is 20.8 Å². The van der Waals surface area contributed by atoms with Crippen LogP contribution in [0.2, 0.25) is 0 Å². The molecule has 0 heterocycles. The van der Waals surface area contributed by atoms with Gasteiger partial charge >= 0.3 is 24.5 Å². The average Bonchev–Trinajstić information content (AvgIpc) is 2.20. The third-order valence-electron chi connectivity index (χ3n) is 3.15. The van der Waals surface area contributed by atoms with Gasteiger partial charge in [-0.05, 0) is 0 Å². The Morgan fingerprint density at radius 1 is 0.520 bits per heavy atom. The van der Waals surface area contributed by atoms with Crippen LogP contribution in [0, 0.1) is 10.8 Å². The molecule has 1 atom stereocenters. The van der Waals surface area contributed by atoms with E-state index in [2.05, 4.69) is 9.47 Å². The SMILES string of the molecule is CC(C)(C)C(F)(F)C(F)(OC(F)(F)OC(F)(F)C(F)(F)F)C(C)(C)C. The van der Waals surface area contributed by atoms with E-state index in [-0.39, 0.29) is 0 Å². The molecule has 0 aromatic rings. The lowest BCUT2D eigenvalue weighted by Gasteiger charge is -2.48. The molecule has 0 aliphatic heterocycles. The highest BCUT2D eigenvalue weighted by Gasteiger charge is 2.73. The van der Waals surface area contributed by atoms with E-state index < -0.39 is 41.2 Å². The maximum Gasteiger partial charge on any atom is 0.493 e. The van der Waals surface area contributed by atoms with E-state index >= 15 is 0 Å². The van der Waals surface area contributed by atoms with Gasteiger partial charge in [0.15, 0.2) is 0 Å². The zero-order chi connectivity index (χ0) is 20.9. The number of hydrogen-bond acceptors (Lipinski definition) is 2. The van der Waals surface area contributed by atoms with Crippen molar-refractivity contribution in [2.24, 2.45) is 10.8 Å². The quantitative estimate of drug-likeness (QED) is 0.412. The Hall–Kier alpha value is -0.780. The molecular weight excluding hydrogens is 378 g/mol. The molecule has 0 aromatic heterocycles. The van der Waals surface area contributed by atoms with Crippen LogP contribution < -0.4 is 0 Å². The van der Waals surface area contributed by atoms with Crippen LogP contribution in [-0.4, -0.2) is 30.4 Å². The molecule has 0 spiro atoms. The van der Waals surface area contributed by atoms with Gasteiger partial charge in [0.25, 0.3) is 5.85 Å². The van der Waals surface area contributed by atoms with Crippen LogP contribution in [0.1, 0.15) is 41.5 Å². The highest BCUT2D eigenvalue weighted by Crippen LogP contribution is 2.56. The molecule has 2 nitrogen and oxygen atoms in total. The second kappa shape index (κ2) is 6.14. The standard InChI is InChI=1S/C13H18F10O2/c1-7(2,3)9(14,15)10(16,8(4,5)6)24-13(22,23)25-12(20,21)11(17,18)19/h1-6H3. The van der Waals surface area contributed by atoms with E-state index in [1.807, 2.05) is 0 Å². The summed E-state index contributed by atoms with van der Waals surface area (Å²) in [5, 5.41) is 0. The molecule has 0 saturated heterocycles. The van der Waals surface area contributed by atoms with Crippen molar-refractivity contribution in [2.45, 2.75) is 71.9 Å². The normalized spacial score (nSPS) is 18.2. The molecule has 0 bridgehead atoms. The van der Waals surface area contributed by atoms with E-state index in [1.165, 1.54) is 0 Å². The van der Waals surface area contributed by atoms with Crippen LogP contribution >= 0.6 is 0 Å². The van der Waals surface area contributed by atoms with Gasteiger partial charge in [-0.3, -0.25) is 4.74 Å². The largest absolute Gasteiger partial charge is 0.493 e. The first-order chi connectivity index (χ1) is 10.4. The van der Waals surface area contributed by atoms with E-state index in [4.69, 9.17) is 0 Å². The topological polar surface area (TPSA) is 18.5 Å². The first-order valence-corrected chi connectivity index (χ1v) is 6.71. The van der Waals surface area contributed by atoms with Crippen molar-refractivity contribution in [1.82, 2.24) is 0 Å². The summed E-state index contributed by atoms with van der Waals surface area (Å²) in [6.07, 6.45) is -19.1. The fourth-order valence-corrected chi connectivity index (χ4v) is 1.56. The van der Waals surface area contributed by atoms with Gasteiger partial charge in [-0.1, -0.05) is 41.5 Å². The second-order valence-corrected chi connectivity index (χ2v) is 7.35. The van der Waals surface area contributed by atoms with Gasteiger partial charge in [0.05, 0.1) is 0 Å². The van der Waals surface area contributed by atoms with Crippen molar-refractivity contribution >= 4 is 0 Å². The van der Waals surface area contributed by atoms with E-state index in [9.17, 15) is 43.9 Å². The first kappa shape index (κ1) is 24.2. The van der Waals surface area contributed by atoms with Gasteiger partial charge in [0, 0.05) is 10.8 Å². The van der Waals surface area contributed by atoms with Crippen LogP contribution in [0.25, 0.3) is 0 Å². The summed E-state index contributed by atoms with van der Waals surface area (Å²) in [7, 11) is 0. The van der Waals surface area contributed by atoms with Crippen LogP contribution in [0.5, 0.6) is 0 Å². The van der Waals surface area contributed by atoms with Gasteiger partial charge < -0.3 is 0 Å². The van der Waals surface area contributed by atoms with Gasteiger partial charge in [-0.15, -0.1) is 8.78 Å². The number of alkyl halides is 10. The van der Waals surface area contributed by atoms with Crippen LogP contribution in [-0.2, 0) is 9.47 Å². The Morgan fingerprint density at radius 3 is 1.12 bits per heavy atom. The predicted octanol–water partition coefficient (Wildman–Crippen LogP) is 6.12. The minimum absolute atomic E-state index is 0.671. The summed E-state index contributed by atoms with van der Waals surface area (Å²) in [4.78, 5) is 0. The van der Waals surface area contributed by atoms with Gasteiger partial charge in [-0.25, -0.2) is 9.13 Å². The molecule has 0 rings (SSSR count). The Labute approximate surface area is 137 Å². The molecular formula is C13H18F10O2. The number of hydrogen-bond donors (Lipinski definition) is 0. The van der Waals surface area contributed by atoms with E-state index in [0.717, 1.165) is 20.8 Å². The lowest BCUT2D eigenvalue weighted by atomic mass is 9.73. The maximum atomic E-state index is 14.9. The van der Waals surface area contributed by atoms with Crippen molar-refractivity contribution in [1.29, 1.82) is 0 Å². The van der Waals surface area contributed by atoms with Crippen molar-refractivity contribution < 1.29 is 53.4 Å². The van der Waals surface area contributed by atoms with E-state index in [1.54, 1.807) is 0 Å². The maximum absolute atomic E-state index is 14.9. The zero-order valence-corrected chi connectivity index (χ0v) is 14.1. The van der Waals surface area contributed by atoms with Crippen LogP contribution in [0.15, 0.2) is 0 Å². The molecule has 0 N–H and O–H groups in total. The molecule has 152 valence electrons. The fraction of sp³-hybridized carbons (Fsp3) is 1.00. The zero-order valence-electron chi connectivity index (χ0n) is 14.1. The first-order valence-electron chi connectivity index (χ1n) is 6.71. The molecule has 0 aliphatic carbocycles. The molecule has 12 heteroatoms. The van der Waals surface area contributed by atoms with Crippen molar-refractivity contribution in [3.8, 4) is 0 Å². The summed E-state index contributed by atoms with van der Waals surface area (Å²) >= 11 is 0. The fourth-order valence-electron chi connectivity index (χ4n) is 1.56. The Bertz CT molecular complexity index is 473. The van der Waals surface area contributed by atoms with Crippen molar-refractivity contribution in [2.75, 3.05) is 0 Å². The predicted molar refractivity (Wildman–Crippen MR) is 65.8 cm³/mol. The highest BCUT2D eigenvalue weighted by atomic mass is 19.4. The number of ether oxygens (including phenoxy) is 2. The molecule has 0 aliphatic rings. The Kier molecular flexibility index (Phi) is 5.95. The van der Waals surface area contributed by atoms with Gasteiger partial charge in [-0.2, -0.15) is 30.7 Å². The molecule has 0 radical (unpaired) electrons. The third kappa shape index (κ3) is 4.69. The van der Waals surface area contributed by atoms with Gasteiger partial charge in [0.2, 0.25) is 0 Å². The molecule has 0 amide bonds. The van der Waals surface area contributed by atoms with Crippen LogP contribution in [0.3, 0.4) is 0 Å². The summed E-state index contributed by atoms with van der Waals surface area (Å²) in [5.74, 6) is -9.40. The molecule has 25 heavy (non-hydrogen) atoms. The summed E-state index contributed by atoms with van der Waals surface area (Å²) in [6, 6.07) is 0. The average molecular weight is 396 g/mol. The summed E-state index contributed by atoms with van der Waals surface area (Å²) in [5.41, 5.74) is -4.83. The van der Waals surface area contributed by atoms with Crippen LogP contribution in [0.4, 0.5) is 43.9 Å². The van der Waals surface area contributed by atoms with Crippen molar-refractivity contribution in [3.05, 3.63) is 0 Å². The lowest BCUT2D eigenvalue weighted by molar-refractivity contribution is -0.552. The third-order valence-corrected chi connectivity index (χ3v) is 3.15. The molecule has 0 fully saturated rings. The monoisotopic (exact) mass is 396 g/mol. The Morgan fingerprint density at radius 2 is 0.880 bits per heavy atom. The number of halogens is 10. The van der Waals surface area contributed by atoms with Gasteiger partial charge in [0.1, 0.15) is 0 Å².